The molecule has 0 fully saturated rings. The zero-order valence-electron chi connectivity index (χ0n) is 3.06. The number of rotatable bonds is 0. The van der Waals surface area contributed by atoms with Gasteiger partial charge in [0, 0.05) is 5.12 Å². The minimum Gasteiger partial charge on any atom is -0.329 e. The van der Waals surface area contributed by atoms with E-state index >= 15 is 0 Å². The zero-order valence-corrected chi connectivity index (χ0v) is 7.08. The molecule has 0 aromatic rings. The number of hydrogen-bond donors (Lipinski definition) is 1. The molecule has 0 amide bonds. The SMILES string of the molecule is [CH2-]C(=O)S.[K+]. The van der Waals surface area contributed by atoms with Crippen molar-refractivity contribution in [3.05, 3.63) is 6.92 Å². The van der Waals surface area contributed by atoms with Crippen molar-refractivity contribution in [1.82, 2.24) is 0 Å². The second-order valence-corrected chi connectivity index (χ2v) is 0.893. The Labute approximate surface area is 79.3 Å². The van der Waals surface area contributed by atoms with E-state index in [-0.39, 0.29) is 56.5 Å². The summed E-state index contributed by atoms with van der Waals surface area (Å²) >= 11 is 3.22. The molecule has 3 heteroatoms. The van der Waals surface area contributed by atoms with E-state index in [2.05, 4.69) is 19.6 Å². The Morgan fingerprint density at radius 2 is 1.80 bits per heavy atom. The predicted octanol–water partition coefficient (Wildman–Crippen LogP) is -2.72. The van der Waals surface area contributed by atoms with Crippen molar-refractivity contribution in [2.24, 2.45) is 0 Å². The molecular formula is C2H3KOS. The number of hydrogen-bond acceptors (Lipinski definition) is 1. The van der Waals surface area contributed by atoms with Gasteiger partial charge in [0.05, 0.1) is 0 Å². The average Bonchev–Trinajstić information content (AvgIpc) is 0.811. The molecule has 0 aliphatic rings. The number of carbonyl (C=O) groups is 1. The fourth-order valence-corrected chi connectivity index (χ4v) is 0. The molecule has 0 heterocycles. The predicted molar refractivity (Wildman–Crippen MR) is 19.3 cm³/mol. The van der Waals surface area contributed by atoms with Gasteiger partial charge in [0.15, 0.2) is 0 Å². The molecule has 1 nitrogen and oxygen atoms in total. The van der Waals surface area contributed by atoms with Crippen LogP contribution in [0.5, 0.6) is 0 Å². The van der Waals surface area contributed by atoms with E-state index < -0.39 is 0 Å². The molecule has 0 atom stereocenters. The van der Waals surface area contributed by atoms with Crippen molar-refractivity contribution >= 4 is 17.7 Å². The van der Waals surface area contributed by atoms with Crippen LogP contribution in [0.3, 0.4) is 0 Å². The minimum atomic E-state index is -0.389. The molecule has 24 valence electrons. The molecule has 0 aliphatic carbocycles. The maximum Gasteiger partial charge on any atom is 1.00 e. The summed E-state index contributed by atoms with van der Waals surface area (Å²) in [7, 11) is 0. The standard InChI is InChI=1S/C2H3OS.K/c1-2(3)4;/h1H2,(H,3,4);/q-1;+1. The van der Waals surface area contributed by atoms with Crippen LogP contribution in [-0.4, -0.2) is 5.12 Å². The van der Waals surface area contributed by atoms with Gasteiger partial charge < -0.3 is 11.7 Å². The van der Waals surface area contributed by atoms with Gasteiger partial charge in [-0.3, -0.25) is 0 Å². The summed E-state index contributed by atoms with van der Waals surface area (Å²) in [6, 6.07) is 0. The Morgan fingerprint density at radius 1 is 1.80 bits per heavy atom. The van der Waals surface area contributed by atoms with E-state index in [1.807, 2.05) is 0 Å². The molecule has 0 bridgehead atoms. The largest absolute Gasteiger partial charge is 1.00 e. The first-order chi connectivity index (χ1) is 1.73. The third kappa shape index (κ3) is 29.5. The van der Waals surface area contributed by atoms with Crippen LogP contribution in [0.25, 0.3) is 0 Å². The van der Waals surface area contributed by atoms with Crippen LogP contribution in [-0.2, 0) is 4.79 Å². The van der Waals surface area contributed by atoms with Gasteiger partial charge in [-0.2, -0.15) is 0 Å². The summed E-state index contributed by atoms with van der Waals surface area (Å²) in [4.78, 5) is 9.20. The number of carbonyl (C=O) groups excluding carboxylic acids is 1. The summed E-state index contributed by atoms with van der Waals surface area (Å²) in [5, 5.41) is -0.389. The second-order valence-electron chi connectivity index (χ2n) is 0.394. The van der Waals surface area contributed by atoms with Crippen LogP contribution in [0.1, 0.15) is 0 Å². The molecule has 0 spiro atoms. The maximum absolute atomic E-state index is 9.20. The molecular weight excluding hydrogens is 111 g/mol. The molecule has 0 aromatic carbocycles. The van der Waals surface area contributed by atoms with Crippen LogP contribution in [0.4, 0.5) is 0 Å². The molecule has 0 aliphatic heterocycles. The molecule has 0 unspecified atom stereocenters. The zero-order chi connectivity index (χ0) is 3.58. The molecule has 0 saturated carbocycles. The first kappa shape index (κ1) is 9.73. The van der Waals surface area contributed by atoms with Crippen molar-refractivity contribution in [3.8, 4) is 0 Å². The van der Waals surface area contributed by atoms with E-state index in [4.69, 9.17) is 0 Å². The van der Waals surface area contributed by atoms with E-state index in [1.54, 1.807) is 0 Å². The molecule has 0 radical (unpaired) electrons. The van der Waals surface area contributed by atoms with Crippen molar-refractivity contribution < 1.29 is 56.2 Å². The van der Waals surface area contributed by atoms with Crippen LogP contribution in [0.15, 0.2) is 0 Å². The van der Waals surface area contributed by atoms with E-state index in [0.717, 1.165) is 0 Å². The Hall–Kier alpha value is 1.53. The molecule has 0 saturated heterocycles. The van der Waals surface area contributed by atoms with E-state index in [1.165, 1.54) is 0 Å². The van der Waals surface area contributed by atoms with Gasteiger partial charge >= 0.3 is 51.4 Å². The number of thiol groups is 1. The van der Waals surface area contributed by atoms with Gasteiger partial charge in [-0.1, -0.05) is 0 Å². The third-order valence-corrected chi connectivity index (χ3v) is 0. The van der Waals surface area contributed by atoms with Crippen LogP contribution in [0.2, 0.25) is 0 Å². The normalized spacial score (nSPS) is 5.00. The van der Waals surface area contributed by atoms with Crippen molar-refractivity contribution in [2.75, 3.05) is 0 Å². The first-order valence-electron chi connectivity index (χ1n) is 0.781. The summed E-state index contributed by atoms with van der Waals surface area (Å²) in [6.07, 6.45) is 0. The van der Waals surface area contributed by atoms with Gasteiger partial charge in [0.2, 0.25) is 0 Å². The summed E-state index contributed by atoms with van der Waals surface area (Å²) in [5.74, 6) is 0. The molecule has 5 heavy (non-hydrogen) atoms. The first-order valence-corrected chi connectivity index (χ1v) is 1.23. The monoisotopic (exact) mass is 114 g/mol. The topological polar surface area (TPSA) is 17.1 Å². The Kier molecular flexibility index (Phi) is 10.8. The third-order valence-electron chi connectivity index (χ3n) is 0. The average molecular weight is 114 g/mol. The Bertz CT molecular complexity index is 32.6. The maximum atomic E-state index is 9.20. The van der Waals surface area contributed by atoms with Gasteiger partial charge in [-0.25, -0.2) is 0 Å². The van der Waals surface area contributed by atoms with Crippen LogP contribution < -0.4 is 51.4 Å². The summed E-state index contributed by atoms with van der Waals surface area (Å²) in [6.45, 7) is 2.86. The summed E-state index contributed by atoms with van der Waals surface area (Å²) < 4.78 is 0. The van der Waals surface area contributed by atoms with Gasteiger partial charge in [-0.15, -0.1) is 12.6 Å². The van der Waals surface area contributed by atoms with Crippen LogP contribution >= 0.6 is 12.6 Å². The summed E-state index contributed by atoms with van der Waals surface area (Å²) in [5.41, 5.74) is 0. The van der Waals surface area contributed by atoms with Gasteiger partial charge in [0.1, 0.15) is 0 Å². The van der Waals surface area contributed by atoms with Crippen molar-refractivity contribution in [3.63, 3.8) is 0 Å². The molecule has 0 N–H and O–H groups in total. The fraction of sp³-hybridized carbons (Fsp3) is 0. The minimum absolute atomic E-state index is 0. The van der Waals surface area contributed by atoms with Crippen LogP contribution in [0, 0.1) is 6.92 Å². The van der Waals surface area contributed by atoms with E-state index in [9.17, 15) is 4.79 Å². The molecule has 0 aromatic heterocycles. The smallest absolute Gasteiger partial charge is 0.329 e. The van der Waals surface area contributed by atoms with Gasteiger partial charge in [-0.05, 0) is 0 Å². The van der Waals surface area contributed by atoms with Gasteiger partial charge in [0.25, 0.3) is 0 Å². The fourth-order valence-electron chi connectivity index (χ4n) is 0. The Morgan fingerprint density at radius 3 is 1.80 bits per heavy atom. The quantitative estimate of drug-likeness (QED) is 0.206. The molecule has 0 rings (SSSR count). The van der Waals surface area contributed by atoms with Crippen molar-refractivity contribution in [2.45, 2.75) is 0 Å². The Balaban J connectivity index is 0. The van der Waals surface area contributed by atoms with E-state index in [0.29, 0.717) is 0 Å². The van der Waals surface area contributed by atoms with Crippen molar-refractivity contribution in [1.29, 1.82) is 0 Å². The second kappa shape index (κ2) is 5.53.